The molecule has 0 spiro atoms. The average Bonchev–Trinajstić information content (AvgIpc) is 3.25. The first-order valence-corrected chi connectivity index (χ1v) is 12.3. The van der Waals surface area contributed by atoms with E-state index in [-0.39, 0.29) is 0 Å². The van der Waals surface area contributed by atoms with Gasteiger partial charge in [-0.25, -0.2) is 0 Å². The fraction of sp³-hybridized carbons (Fsp3) is 0.571. The number of phenolic OH excluding ortho intramolecular Hbond substituents is 1. The molecule has 168 valence electrons. The second kappa shape index (κ2) is 10.2. The number of fused-ring (bicyclic) bond motifs is 1. The highest BCUT2D eigenvalue weighted by atomic mass is 16.3. The monoisotopic (exact) mass is 421 g/mol. The second-order valence-electron chi connectivity index (χ2n) is 10.2. The van der Waals surface area contributed by atoms with Crippen LogP contribution in [0.2, 0.25) is 0 Å². The number of hydrogen-bond donors (Lipinski definition) is 2. The summed E-state index contributed by atoms with van der Waals surface area (Å²) in [6.45, 7) is 5.59. The van der Waals surface area contributed by atoms with Crippen LogP contribution in [0.1, 0.15) is 68.9 Å². The number of benzene rings is 2. The molecule has 0 radical (unpaired) electrons. The first-order valence-electron chi connectivity index (χ1n) is 12.3. The van der Waals surface area contributed by atoms with Crippen molar-refractivity contribution in [3.05, 3.63) is 65.7 Å². The minimum absolute atomic E-state index is 0.349. The Balaban J connectivity index is 1.34. The van der Waals surface area contributed by atoms with E-state index in [1.807, 2.05) is 18.2 Å². The lowest BCUT2D eigenvalue weighted by Gasteiger charge is -2.28. The molecule has 31 heavy (non-hydrogen) atoms. The summed E-state index contributed by atoms with van der Waals surface area (Å²) < 4.78 is 0. The Bertz CT molecular complexity index is 790. The summed E-state index contributed by atoms with van der Waals surface area (Å²) in [6.07, 6.45) is 9.04. The van der Waals surface area contributed by atoms with E-state index in [0.717, 1.165) is 38.9 Å². The first-order chi connectivity index (χ1) is 15.0. The van der Waals surface area contributed by atoms with E-state index in [0.29, 0.717) is 23.5 Å². The maximum absolute atomic E-state index is 11.2. The van der Waals surface area contributed by atoms with Gasteiger partial charge in [0, 0.05) is 26.1 Å². The van der Waals surface area contributed by atoms with Gasteiger partial charge in [0.15, 0.2) is 0 Å². The van der Waals surface area contributed by atoms with Gasteiger partial charge in [0.2, 0.25) is 0 Å². The van der Waals surface area contributed by atoms with E-state index in [4.69, 9.17) is 0 Å². The van der Waals surface area contributed by atoms with Crippen LogP contribution in [0.25, 0.3) is 0 Å². The van der Waals surface area contributed by atoms with Crippen LogP contribution in [-0.2, 0) is 6.42 Å². The number of hydrogen-bond acceptors (Lipinski definition) is 3. The van der Waals surface area contributed by atoms with Gasteiger partial charge in [0.25, 0.3) is 0 Å². The summed E-state index contributed by atoms with van der Waals surface area (Å²) in [6, 6.07) is 18.3. The van der Waals surface area contributed by atoms with Crippen LogP contribution < -0.4 is 0 Å². The van der Waals surface area contributed by atoms with Crippen LogP contribution in [0.4, 0.5) is 0 Å². The summed E-state index contributed by atoms with van der Waals surface area (Å²) in [5.74, 6) is 2.12. The highest BCUT2D eigenvalue weighted by Crippen LogP contribution is 2.45. The van der Waals surface area contributed by atoms with Crippen molar-refractivity contribution < 1.29 is 10.2 Å². The number of rotatable bonds is 10. The van der Waals surface area contributed by atoms with Gasteiger partial charge in [-0.15, -0.1) is 0 Å². The zero-order valence-corrected chi connectivity index (χ0v) is 19.0. The van der Waals surface area contributed by atoms with E-state index >= 15 is 0 Å². The molecule has 2 aliphatic rings. The lowest BCUT2D eigenvalue weighted by molar-refractivity contribution is 0.0352. The molecule has 1 aliphatic carbocycles. The van der Waals surface area contributed by atoms with Crippen molar-refractivity contribution in [1.29, 1.82) is 0 Å². The van der Waals surface area contributed by atoms with Gasteiger partial charge >= 0.3 is 0 Å². The molecular formula is C28H39NO2. The fourth-order valence-electron chi connectivity index (χ4n) is 6.07. The Morgan fingerprint density at radius 3 is 2.26 bits per heavy atom. The van der Waals surface area contributed by atoms with E-state index in [9.17, 15) is 10.2 Å². The summed E-state index contributed by atoms with van der Waals surface area (Å²) in [4.78, 5) is 2.65. The number of unbranched alkanes of at least 4 members (excludes halogenated alkanes) is 3. The molecule has 0 aromatic heterocycles. The Morgan fingerprint density at radius 1 is 0.935 bits per heavy atom. The number of aliphatic hydroxyl groups is 1. The molecule has 2 aromatic rings. The molecule has 3 heteroatoms. The van der Waals surface area contributed by atoms with Gasteiger partial charge in [-0.2, -0.15) is 0 Å². The van der Waals surface area contributed by atoms with Crippen LogP contribution in [0.3, 0.4) is 0 Å². The summed E-state index contributed by atoms with van der Waals surface area (Å²) >= 11 is 0. The quantitative estimate of drug-likeness (QED) is 0.479. The molecule has 0 bridgehead atoms. The molecule has 4 atom stereocenters. The molecule has 1 saturated heterocycles. The SMILES string of the molecule is CCCCCCC(CN1C[C@@H]2C[C@@](O)(Cc3ccccc3)C[C@@H]2C1)c1ccc(O)cc1. The lowest BCUT2D eigenvalue weighted by Crippen LogP contribution is -2.33. The van der Waals surface area contributed by atoms with E-state index in [2.05, 4.69) is 48.2 Å². The Hall–Kier alpha value is -1.84. The van der Waals surface area contributed by atoms with Crippen molar-refractivity contribution >= 4 is 0 Å². The van der Waals surface area contributed by atoms with E-state index in [1.54, 1.807) is 0 Å². The van der Waals surface area contributed by atoms with Gasteiger partial charge in [-0.3, -0.25) is 0 Å². The lowest BCUT2D eigenvalue weighted by atomic mass is 9.90. The van der Waals surface area contributed by atoms with Gasteiger partial charge < -0.3 is 15.1 Å². The molecular weight excluding hydrogens is 382 g/mol. The topological polar surface area (TPSA) is 43.7 Å². The predicted octanol–water partition coefficient (Wildman–Crippen LogP) is 5.76. The minimum Gasteiger partial charge on any atom is -0.508 e. The molecule has 2 aromatic carbocycles. The number of nitrogens with zero attached hydrogens (tertiary/aromatic N) is 1. The van der Waals surface area contributed by atoms with Crippen LogP contribution in [0.15, 0.2) is 54.6 Å². The number of aromatic hydroxyl groups is 1. The highest BCUT2D eigenvalue weighted by molar-refractivity contribution is 5.28. The van der Waals surface area contributed by atoms with Gasteiger partial charge in [-0.1, -0.05) is 75.1 Å². The summed E-state index contributed by atoms with van der Waals surface area (Å²) in [5, 5.41) is 20.9. The van der Waals surface area contributed by atoms with Crippen molar-refractivity contribution in [3.8, 4) is 5.75 Å². The molecule has 2 fully saturated rings. The Morgan fingerprint density at radius 2 is 1.61 bits per heavy atom. The first kappa shape index (κ1) is 22.4. The second-order valence-corrected chi connectivity index (χ2v) is 10.2. The molecule has 3 nitrogen and oxygen atoms in total. The fourth-order valence-corrected chi connectivity index (χ4v) is 6.07. The third-order valence-corrected chi connectivity index (χ3v) is 7.56. The smallest absolute Gasteiger partial charge is 0.115 e. The summed E-state index contributed by atoms with van der Waals surface area (Å²) in [5.41, 5.74) is 2.08. The largest absolute Gasteiger partial charge is 0.508 e. The van der Waals surface area contributed by atoms with Crippen LogP contribution >= 0.6 is 0 Å². The molecule has 1 saturated carbocycles. The average molecular weight is 422 g/mol. The minimum atomic E-state index is -0.528. The Kier molecular flexibility index (Phi) is 7.35. The molecule has 2 N–H and O–H groups in total. The number of phenols is 1. The summed E-state index contributed by atoms with van der Waals surface area (Å²) in [7, 11) is 0. The van der Waals surface area contributed by atoms with E-state index < -0.39 is 5.60 Å². The van der Waals surface area contributed by atoms with Crippen molar-refractivity contribution in [1.82, 2.24) is 4.90 Å². The maximum Gasteiger partial charge on any atom is 0.115 e. The molecule has 1 unspecified atom stereocenters. The predicted molar refractivity (Wildman–Crippen MR) is 127 cm³/mol. The Labute approximate surface area is 188 Å². The molecule has 1 heterocycles. The zero-order chi connectivity index (χ0) is 21.7. The third-order valence-electron chi connectivity index (χ3n) is 7.56. The number of likely N-dealkylation sites (tertiary alicyclic amines) is 1. The molecule has 1 aliphatic heterocycles. The van der Waals surface area contributed by atoms with Gasteiger partial charge in [-0.05, 0) is 60.3 Å². The zero-order valence-electron chi connectivity index (χ0n) is 19.0. The normalized spacial score (nSPS) is 26.8. The highest BCUT2D eigenvalue weighted by Gasteiger charge is 2.48. The maximum atomic E-state index is 11.2. The third kappa shape index (κ3) is 5.90. The van der Waals surface area contributed by atoms with Crippen LogP contribution in [0.5, 0.6) is 5.75 Å². The van der Waals surface area contributed by atoms with Crippen molar-refractivity contribution in [2.24, 2.45) is 11.8 Å². The van der Waals surface area contributed by atoms with Gasteiger partial charge in [0.05, 0.1) is 5.60 Å². The molecule has 0 amide bonds. The van der Waals surface area contributed by atoms with E-state index in [1.165, 1.54) is 43.2 Å². The van der Waals surface area contributed by atoms with Crippen molar-refractivity contribution in [2.45, 2.75) is 69.8 Å². The van der Waals surface area contributed by atoms with Crippen LogP contribution in [-0.4, -0.2) is 40.3 Å². The van der Waals surface area contributed by atoms with Crippen molar-refractivity contribution in [3.63, 3.8) is 0 Å². The van der Waals surface area contributed by atoms with Crippen LogP contribution in [0, 0.1) is 11.8 Å². The molecule has 4 rings (SSSR count). The standard InChI is InChI=1S/C28H39NO2/c1-2-3-4-8-11-24(23-12-14-27(30)15-13-23)19-29-20-25-17-28(31,18-26(25)21-29)16-22-9-6-5-7-10-22/h5-7,9-10,12-15,24-26,30-31H,2-4,8,11,16-21H2,1H3/t24?,25-,26+,28-. The van der Waals surface area contributed by atoms with Crippen molar-refractivity contribution in [2.75, 3.05) is 19.6 Å². The van der Waals surface area contributed by atoms with Gasteiger partial charge in [0.1, 0.15) is 5.75 Å².